The summed E-state index contributed by atoms with van der Waals surface area (Å²) in [5.74, 6) is -0.168. The first-order chi connectivity index (χ1) is 16.0. The largest absolute Gasteiger partial charge is 0.392 e. The van der Waals surface area contributed by atoms with Crippen LogP contribution in [-0.2, 0) is 9.59 Å². The minimum Gasteiger partial charge on any atom is -0.392 e. The molecule has 0 saturated carbocycles. The van der Waals surface area contributed by atoms with Crippen LogP contribution in [0, 0.1) is 5.41 Å². The Bertz CT molecular complexity index is 908. The number of hydrogen-bond acceptors (Lipinski definition) is 5. The summed E-state index contributed by atoms with van der Waals surface area (Å²) >= 11 is 11.9. The lowest BCUT2D eigenvalue weighted by atomic mass is 9.80. The number of rotatable bonds is 7. The Hall–Kier alpha value is -1.64. The fourth-order valence-corrected chi connectivity index (χ4v) is 4.57. The van der Waals surface area contributed by atoms with Crippen molar-refractivity contribution in [3.63, 3.8) is 0 Å². The van der Waals surface area contributed by atoms with E-state index in [1.54, 1.807) is 34.1 Å². The first-order valence-corrected chi connectivity index (χ1v) is 12.6. The van der Waals surface area contributed by atoms with Crippen molar-refractivity contribution >= 4 is 41.1 Å². The van der Waals surface area contributed by atoms with Gasteiger partial charge in [-0.2, -0.15) is 0 Å². The van der Waals surface area contributed by atoms with Crippen LogP contribution in [0.1, 0.15) is 38.7 Å². The van der Waals surface area contributed by atoms with Crippen LogP contribution in [0.2, 0.25) is 10.0 Å². The third-order valence-corrected chi connectivity index (χ3v) is 7.61. The van der Waals surface area contributed by atoms with E-state index in [1.807, 2.05) is 0 Å². The first kappa shape index (κ1) is 27.0. The van der Waals surface area contributed by atoms with Crippen LogP contribution in [0.25, 0.3) is 6.08 Å². The Morgan fingerprint density at radius 3 is 2.68 bits per heavy atom. The minimum atomic E-state index is -0.573. The van der Waals surface area contributed by atoms with Crippen LogP contribution < -0.4 is 0 Å². The van der Waals surface area contributed by atoms with Gasteiger partial charge in [-0.25, -0.2) is 0 Å². The maximum atomic E-state index is 12.6. The quantitative estimate of drug-likeness (QED) is 0.549. The van der Waals surface area contributed by atoms with Crippen LogP contribution in [-0.4, -0.2) is 94.7 Å². The number of halogens is 2. The number of aliphatic hydroxyl groups excluding tert-OH is 2. The summed E-state index contributed by atoms with van der Waals surface area (Å²) in [4.78, 5) is 30.7. The summed E-state index contributed by atoms with van der Waals surface area (Å²) in [6.45, 7) is 7.71. The number of likely N-dealkylation sites (tertiary alicyclic amines) is 1. The van der Waals surface area contributed by atoms with E-state index in [-0.39, 0.29) is 23.7 Å². The second-order valence-corrected chi connectivity index (χ2v) is 10.7. The van der Waals surface area contributed by atoms with Crippen molar-refractivity contribution in [3.05, 3.63) is 39.9 Å². The lowest BCUT2D eigenvalue weighted by Crippen LogP contribution is -2.50. The maximum absolute atomic E-state index is 12.6. The average molecular weight is 512 g/mol. The molecule has 9 heteroatoms. The Kier molecular flexibility index (Phi) is 9.41. The van der Waals surface area contributed by atoms with Gasteiger partial charge in [-0.05, 0) is 48.6 Å². The number of carbonyl (C=O) groups is 2. The Labute approximate surface area is 211 Å². The first-order valence-electron chi connectivity index (χ1n) is 11.8. The van der Waals surface area contributed by atoms with Gasteiger partial charge < -0.3 is 20.0 Å². The summed E-state index contributed by atoms with van der Waals surface area (Å²) in [7, 11) is 0. The van der Waals surface area contributed by atoms with E-state index in [9.17, 15) is 19.8 Å². The molecule has 2 heterocycles. The van der Waals surface area contributed by atoms with Gasteiger partial charge in [-0.3, -0.25) is 14.5 Å². The third-order valence-electron chi connectivity index (χ3n) is 6.87. The standard InChI is InChI=1S/C25H35Cl2N3O4/c1-25(2)9-12-28(17-22(25)32)16-19(31)7-10-29-13-14-30(11-8-24(29)34)23(33)6-4-18-3-5-20(26)21(27)15-18/h3-6,15,19,22,31-32H,7-14,16-17H2,1-2H3/b6-4+/t19?,22-/m0/s1. The van der Waals surface area contributed by atoms with E-state index in [0.717, 1.165) is 18.5 Å². The van der Waals surface area contributed by atoms with Gasteiger partial charge in [0, 0.05) is 51.8 Å². The average Bonchev–Trinajstić information content (AvgIpc) is 2.97. The predicted molar refractivity (Wildman–Crippen MR) is 135 cm³/mol. The minimum absolute atomic E-state index is 0.00823. The lowest BCUT2D eigenvalue weighted by molar-refractivity contribution is -0.130. The lowest BCUT2D eigenvalue weighted by Gasteiger charge is -2.41. The zero-order valence-electron chi connectivity index (χ0n) is 19.9. The molecule has 1 unspecified atom stereocenters. The highest BCUT2D eigenvalue weighted by atomic mass is 35.5. The van der Waals surface area contributed by atoms with Crippen LogP contribution in [0.5, 0.6) is 0 Å². The number of benzene rings is 1. The monoisotopic (exact) mass is 511 g/mol. The van der Waals surface area contributed by atoms with Crippen LogP contribution in [0.4, 0.5) is 0 Å². The van der Waals surface area contributed by atoms with Gasteiger partial charge in [-0.1, -0.05) is 43.1 Å². The SMILES string of the molecule is CC1(C)CCN(CC(O)CCN2CCN(C(=O)/C=C/c3ccc(Cl)c(Cl)c3)CCC2=O)C[C@@H]1O. The van der Waals surface area contributed by atoms with Crippen molar-refractivity contribution in [3.8, 4) is 0 Å². The molecule has 2 aliphatic heterocycles. The maximum Gasteiger partial charge on any atom is 0.246 e. The molecular formula is C25H35Cl2N3O4. The molecule has 0 bridgehead atoms. The predicted octanol–water partition coefficient (Wildman–Crippen LogP) is 2.91. The van der Waals surface area contributed by atoms with Gasteiger partial charge in [0.05, 0.1) is 22.3 Å². The second-order valence-electron chi connectivity index (χ2n) is 9.92. The Morgan fingerprint density at radius 1 is 1.21 bits per heavy atom. The number of nitrogens with zero attached hydrogens (tertiary/aromatic N) is 3. The van der Waals surface area contributed by atoms with Gasteiger partial charge in [0.15, 0.2) is 0 Å². The highest BCUT2D eigenvalue weighted by Crippen LogP contribution is 2.30. The highest BCUT2D eigenvalue weighted by Gasteiger charge is 2.34. The molecule has 34 heavy (non-hydrogen) atoms. The van der Waals surface area contributed by atoms with Gasteiger partial charge in [0.25, 0.3) is 0 Å². The summed E-state index contributed by atoms with van der Waals surface area (Å²) in [5, 5.41) is 21.7. The van der Waals surface area contributed by atoms with Crippen LogP contribution in [0.3, 0.4) is 0 Å². The second kappa shape index (κ2) is 11.9. The molecule has 1 aromatic carbocycles. The molecule has 0 spiro atoms. The zero-order chi connectivity index (χ0) is 24.9. The molecule has 7 nitrogen and oxygen atoms in total. The van der Waals surface area contributed by atoms with Crippen molar-refractivity contribution in [1.29, 1.82) is 0 Å². The van der Waals surface area contributed by atoms with Gasteiger partial charge in [-0.15, -0.1) is 0 Å². The smallest absolute Gasteiger partial charge is 0.246 e. The van der Waals surface area contributed by atoms with Crippen molar-refractivity contribution < 1.29 is 19.8 Å². The van der Waals surface area contributed by atoms with Crippen molar-refractivity contribution in [2.24, 2.45) is 5.41 Å². The molecule has 2 aliphatic rings. The fraction of sp³-hybridized carbons (Fsp3) is 0.600. The van der Waals surface area contributed by atoms with Gasteiger partial charge in [0.1, 0.15) is 0 Å². The molecule has 2 amide bonds. The highest BCUT2D eigenvalue weighted by molar-refractivity contribution is 6.42. The van der Waals surface area contributed by atoms with E-state index >= 15 is 0 Å². The van der Waals surface area contributed by atoms with Crippen LogP contribution >= 0.6 is 23.2 Å². The van der Waals surface area contributed by atoms with E-state index in [2.05, 4.69) is 18.7 Å². The summed E-state index contributed by atoms with van der Waals surface area (Å²) < 4.78 is 0. The summed E-state index contributed by atoms with van der Waals surface area (Å²) in [6.07, 6.45) is 3.80. The molecular weight excluding hydrogens is 477 g/mol. The Morgan fingerprint density at radius 2 is 1.97 bits per heavy atom. The van der Waals surface area contributed by atoms with Crippen molar-refractivity contribution in [2.75, 3.05) is 45.8 Å². The van der Waals surface area contributed by atoms with E-state index < -0.39 is 12.2 Å². The van der Waals surface area contributed by atoms with E-state index in [4.69, 9.17) is 23.2 Å². The molecule has 0 aliphatic carbocycles. The zero-order valence-corrected chi connectivity index (χ0v) is 21.4. The molecule has 0 radical (unpaired) electrons. The van der Waals surface area contributed by atoms with E-state index in [0.29, 0.717) is 55.7 Å². The number of amides is 2. The van der Waals surface area contributed by atoms with E-state index in [1.165, 1.54) is 6.08 Å². The van der Waals surface area contributed by atoms with Crippen molar-refractivity contribution in [2.45, 2.75) is 45.3 Å². The summed E-state index contributed by atoms with van der Waals surface area (Å²) in [6, 6.07) is 5.15. The normalized spacial score (nSPS) is 22.8. The molecule has 2 atom stereocenters. The number of β-amino-alcohol motifs (C(OH)–C–C–N with tert-alkyl or cyclic N) is 2. The van der Waals surface area contributed by atoms with Crippen molar-refractivity contribution in [1.82, 2.24) is 14.7 Å². The molecule has 2 fully saturated rings. The molecule has 188 valence electrons. The fourth-order valence-electron chi connectivity index (χ4n) is 4.27. The Balaban J connectivity index is 1.45. The summed E-state index contributed by atoms with van der Waals surface area (Å²) in [5.41, 5.74) is 0.675. The third kappa shape index (κ3) is 7.43. The molecule has 2 N–H and O–H groups in total. The van der Waals surface area contributed by atoms with Gasteiger partial charge >= 0.3 is 0 Å². The number of piperidine rings is 1. The number of hydrogen-bond donors (Lipinski definition) is 2. The molecule has 0 aromatic heterocycles. The number of aliphatic hydroxyl groups is 2. The van der Waals surface area contributed by atoms with Crippen LogP contribution in [0.15, 0.2) is 24.3 Å². The molecule has 2 saturated heterocycles. The topological polar surface area (TPSA) is 84.3 Å². The van der Waals surface area contributed by atoms with Gasteiger partial charge in [0.2, 0.25) is 11.8 Å². The number of carbonyl (C=O) groups excluding carboxylic acids is 2. The molecule has 1 aromatic rings. The molecule has 3 rings (SSSR count).